The van der Waals surface area contributed by atoms with Crippen molar-refractivity contribution in [1.29, 1.82) is 0 Å². The lowest BCUT2D eigenvalue weighted by atomic mass is 10.1. The van der Waals surface area contributed by atoms with E-state index in [4.69, 9.17) is 0 Å². The van der Waals surface area contributed by atoms with Gasteiger partial charge in [0.15, 0.2) is 0 Å². The number of pyridine rings is 1. The largest absolute Gasteiger partial charge is 0.264 e. The Balaban J connectivity index is 0.00000133. The molecule has 0 bridgehead atoms. The molecule has 1 fully saturated rings. The average molecular weight is 278 g/mol. The Morgan fingerprint density at radius 1 is 1.11 bits per heavy atom. The fraction of sp³-hybridized carbons (Fsp3) is 0.400. The van der Waals surface area contributed by atoms with Crippen LogP contribution in [0.5, 0.6) is 0 Å². The molecule has 1 N–H and O–H groups in total. The van der Waals surface area contributed by atoms with Crippen LogP contribution in [0.15, 0.2) is 36.7 Å². The van der Waals surface area contributed by atoms with Crippen LogP contribution >= 0.6 is 12.4 Å². The van der Waals surface area contributed by atoms with Gasteiger partial charge in [-0.05, 0) is 29.9 Å². The van der Waals surface area contributed by atoms with Crippen molar-refractivity contribution in [2.75, 3.05) is 13.1 Å². The summed E-state index contributed by atoms with van der Waals surface area (Å²) in [6.07, 6.45) is 7.80. The molecule has 1 aromatic carbocycles. The molecule has 0 atom stereocenters. The topological polar surface area (TPSA) is 28.2 Å². The summed E-state index contributed by atoms with van der Waals surface area (Å²) in [6, 6.07) is 8.52. The molecule has 0 unspecified atom stereocenters. The van der Waals surface area contributed by atoms with Crippen LogP contribution in [0.1, 0.15) is 24.8 Å². The third kappa shape index (κ3) is 3.44. The first-order valence-corrected chi connectivity index (χ1v) is 6.73. The quantitative estimate of drug-likeness (QED) is 0.934. The number of hydrogen-bond acceptors (Lipinski definition) is 3. The number of nitrogens with zero attached hydrogens (tertiary/aromatic N) is 2. The molecule has 2 aromatic rings. The zero-order valence-electron chi connectivity index (χ0n) is 11.0. The van der Waals surface area contributed by atoms with E-state index in [9.17, 15) is 0 Å². The van der Waals surface area contributed by atoms with E-state index in [0.29, 0.717) is 0 Å². The van der Waals surface area contributed by atoms with Crippen LogP contribution in [0.4, 0.5) is 0 Å². The maximum Gasteiger partial charge on any atom is 0.0359 e. The van der Waals surface area contributed by atoms with Crippen molar-refractivity contribution in [3.8, 4) is 0 Å². The predicted octanol–water partition coefficient (Wildman–Crippen LogP) is 3.15. The highest BCUT2D eigenvalue weighted by atomic mass is 35.5. The van der Waals surface area contributed by atoms with Gasteiger partial charge in [-0.1, -0.05) is 24.6 Å². The number of benzene rings is 1. The second kappa shape index (κ2) is 6.85. The maximum atomic E-state index is 4.17. The van der Waals surface area contributed by atoms with E-state index >= 15 is 0 Å². The number of halogens is 1. The summed E-state index contributed by atoms with van der Waals surface area (Å²) in [4.78, 5) is 4.17. The van der Waals surface area contributed by atoms with E-state index in [2.05, 4.69) is 39.7 Å². The van der Waals surface area contributed by atoms with Crippen molar-refractivity contribution < 1.29 is 0 Å². The van der Waals surface area contributed by atoms with Crippen LogP contribution in [-0.2, 0) is 6.54 Å². The zero-order chi connectivity index (χ0) is 12.2. The third-order valence-electron chi connectivity index (χ3n) is 3.62. The Hall–Kier alpha value is -1.16. The summed E-state index contributed by atoms with van der Waals surface area (Å²) in [5.41, 5.74) is 4.89. The zero-order valence-corrected chi connectivity index (χ0v) is 11.8. The molecular formula is C15H20ClN3. The molecule has 0 radical (unpaired) electrons. The third-order valence-corrected chi connectivity index (χ3v) is 3.62. The van der Waals surface area contributed by atoms with Crippen molar-refractivity contribution in [2.24, 2.45) is 0 Å². The molecule has 0 amide bonds. The predicted molar refractivity (Wildman–Crippen MR) is 81.3 cm³/mol. The van der Waals surface area contributed by atoms with Gasteiger partial charge in [0.25, 0.3) is 0 Å². The molecule has 3 rings (SSSR count). The van der Waals surface area contributed by atoms with Gasteiger partial charge in [-0.2, -0.15) is 0 Å². The molecule has 2 heterocycles. The summed E-state index contributed by atoms with van der Waals surface area (Å²) < 4.78 is 0. The number of hydrazine groups is 1. The van der Waals surface area contributed by atoms with E-state index < -0.39 is 0 Å². The molecule has 102 valence electrons. The van der Waals surface area contributed by atoms with Gasteiger partial charge >= 0.3 is 0 Å². The molecule has 1 aromatic heterocycles. The minimum absolute atomic E-state index is 0. The van der Waals surface area contributed by atoms with Gasteiger partial charge in [0.2, 0.25) is 0 Å². The van der Waals surface area contributed by atoms with Gasteiger partial charge in [-0.3, -0.25) is 10.4 Å². The smallest absolute Gasteiger partial charge is 0.0359 e. The Bertz CT molecular complexity index is 518. The highest BCUT2D eigenvalue weighted by Gasteiger charge is 2.09. The normalized spacial score (nSPS) is 16.2. The first-order valence-electron chi connectivity index (χ1n) is 6.73. The van der Waals surface area contributed by atoms with Gasteiger partial charge in [-0.15, -0.1) is 12.4 Å². The lowest BCUT2D eigenvalue weighted by molar-refractivity contribution is 0.151. The summed E-state index contributed by atoms with van der Waals surface area (Å²) in [6.45, 7) is 3.25. The average Bonchev–Trinajstić information content (AvgIpc) is 2.46. The van der Waals surface area contributed by atoms with Crippen LogP contribution in [0.3, 0.4) is 0 Å². The van der Waals surface area contributed by atoms with Gasteiger partial charge < -0.3 is 0 Å². The molecule has 0 spiro atoms. The van der Waals surface area contributed by atoms with Crippen LogP contribution < -0.4 is 5.43 Å². The van der Waals surface area contributed by atoms with Gasteiger partial charge in [-0.25, -0.2) is 5.01 Å². The number of piperidine rings is 1. The van der Waals surface area contributed by atoms with E-state index in [0.717, 1.165) is 6.54 Å². The summed E-state index contributed by atoms with van der Waals surface area (Å²) in [7, 11) is 0. The van der Waals surface area contributed by atoms with Crippen LogP contribution in [0.25, 0.3) is 10.8 Å². The standard InChI is InChI=1S/C15H19N3.ClH/c1-2-9-18(10-3-1)17-12-14-6-4-5-13-11-16-8-7-15(13)14;/h4-8,11,17H,1-3,9-10,12H2;1H. The van der Waals surface area contributed by atoms with Gasteiger partial charge in [0.1, 0.15) is 0 Å². The Morgan fingerprint density at radius 3 is 2.79 bits per heavy atom. The lowest BCUT2D eigenvalue weighted by Gasteiger charge is -2.27. The SMILES string of the molecule is Cl.c1cc(CNN2CCCCC2)c2ccncc2c1. The molecule has 0 aliphatic carbocycles. The molecule has 0 saturated carbocycles. The molecule has 1 aliphatic rings. The monoisotopic (exact) mass is 277 g/mol. The summed E-state index contributed by atoms with van der Waals surface area (Å²) in [5.74, 6) is 0. The van der Waals surface area contributed by atoms with Gasteiger partial charge in [0.05, 0.1) is 0 Å². The molecular weight excluding hydrogens is 258 g/mol. The number of hydrogen-bond donors (Lipinski definition) is 1. The fourth-order valence-electron chi connectivity index (χ4n) is 2.59. The molecule has 1 saturated heterocycles. The van der Waals surface area contributed by atoms with Crippen molar-refractivity contribution >= 4 is 23.2 Å². The van der Waals surface area contributed by atoms with E-state index in [1.165, 1.54) is 48.7 Å². The molecule has 1 aliphatic heterocycles. The Labute approximate surface area is 120 Å². The summed E-state index contributed by atoms with van der Waals surface area (Å²) in [5, 5.41) is 4.87. The van der Waals surface area contributed by atoms with Crippen molar-refractivity contribution in [3.63, 3.8) is 0 Å². The van der Waals surface area contributed by atoms with E-state index in [1.54, 1.807) is 0 Å². The van der Waals surface area contributed by atoms with Crippen LogP contribution in [0.2, 0.25) is 0 Å². The molecule has 19 heavy (non-hydrogen) atoms. The van der Waals surface area contributed by atoms with Crippen molar-refractivity contribution in [2.45, 2.75) is 25.8 Å². The molecule has 4 heteroatoms. The number of aromatic nitrogens is 1. The van der Waals surface area contributed by atoms with Gasteiger partial charge in [0, 0.05) is 37.4 Å². The molecule has 3 nitrogen and oxygen atoms in total. The first kappa shape index (κ1) is 14.3. The number of rotatable bonds is 3. The second-order valence-electron chi connectivity index (χ2n) is 4.90. The van der Waals surface area contributed by atoms with E-state index in [-0.39, 0.29) is 12.4 Å². The highest BCUT2D eigenvalue weighted by Crippen LogP contribution is 2.17. The van der Waals surface area contributed by atoms with E-state index in [1.807, 2.05) is 12.4 Å². The van der Waals surface area contributed by atoms with Crippen molar-refractivity contribution in [3.05, 3.63) is 42.2 Å². The fourth-order valence-corrected chi connectivity index (χ4v) is 2.59. The Morgan fingerprint density at radius 2 is 1.95 bits per heavy atom. The maximum absolute atomic E-state index is 4.17. The first-order chi connectivity index (χ1) is 8.93. The van der Waals surface area contributed by atoms with Crippen molar-refractivity contribution in [1.82, 2.24) is 15.4 Å². The number of fused-ring (bicyclic) bond motifs is 1. The van der Waals surface area contributed by atoms with Crippen LogP contribution in [0, 0.1) is 0 Å². The second-order valence-corrected chi connectivity index (χ2v) is 4.90. The lowest BCUT2D eigenvalue weighted by Crippen LogP contribution is -2.41. The minimum atomic E-state index is 0. The van der Waals surface area contributed by atoms with Crippen LogP contribution in [-0.4, -0.2) is 23.1 Å². The Kier molecular flexibility index (Phi) is 5.14. The highest BCUT2D eigenvalue weighted by molar-refractivity contribution is 5.85. The number of nitrogens with one attached hydrogen (secondary N) is 1. The minimum Gasteiger partial charge on any atom is -0.264 e. The summed E-state index contributed by atoms with van der Waals surface area (Å²) >= 11 is 0.